The Balaban J connectivity index is 1.38. The molecule has 1 aromatic heterocycles. The second-order valence-electron chi connectivity index (χ2n) is 8.55. The maximum absolute atomic E-state index is 13.1. The molecule has 2 aromatic carbocycles. The summed E-state index contributed by atoms with van der Waals surface area (Å²) in [5.74, 6) is 1.07. The van der Waals surface area contributed by atoms with Gasteiger partial charge in [0, 0.05) is 48.7 Å². The number of carbonyl (C=O) groups excluding carboxylic acids is 1. The van der Waals surface area contributed by atoms with Gasteiger partial charge in [-0.3, -0.25) is 9.79 Å². The van der Waals surface area contributed by atoms with Gasteiger partial charge in [-0.2, -0.15) is 0 Å². The largest absolute Gasteiger partial charge is 0.497 e. The first-order valence-electron chi connectivity index (χ1n) is 11.6. The van der Waals surface area contributed by atoms with Crippen LogP contribution in [0.5, 0.6) is 5.75 Å². The molecule has 3 aromatic rings. The second-order valence-corrected chi connectivity index (χ2v) is 8.55. The standard InChI is InChI=1S/C26H28N6O3/c1-34-22-4-2-3-21(15-22)32(17-25(33)31-9-11-35-12-10-31)16-20-13-18-5-6-19(14-24(18)29-20)23-7-8-28-26(27)30-23/h2-8,14-15H,9-13,16-17H2,1H3,(H2,27,28,30). The molecule has 180 valence electrons. The van der Waals surface area contributed by atoms with E-state index >= 15 is 0 Å². The summed E-state index contributed by atoms with van der Waals surface area (Å²) in [7, 11) is 1.64. The SMILES string of the molecule is COc1cccc(N(CC(=O)N2CCOCC2)CC2=Nc3cc(-c4ccnc(N)n4)ccc3C2)c1. The Hall–Kier alpha value is -3.98. The first-order valence-corrected chi connectivity index (χ1v) is 11.6. The normalized spacial score (nSPS) is 14.9. The number of carbonyl (C=O) groups is 1. The summed E-state index contributed by atoms with van der Waals surface area (Å²) in [6.07, 6.45) is 2.38. The molecule has 3 heterocycles. The van der Waals surface area contributed by atoms with Crippen LogP contribution in [-0.4, -0.2) is 73.0 Å². The maximum atomic E-state index is 13.1. The predicted molar refractivity (Wildman–Crippen MR) is 135 cm³/mol. The molecule has 0 radical (unpaired) electrons. The summed E-state index contributed by atoms with van der Waals surface area (Å²) in [4.78, 5) is 30.2. The molecular weight excluding hydrogens is 444 g/mol. The van der Waals surface area contributed by atoms with Crippen molar-refractivity contribution < 1.29 is 14.3 Å². The van der Waals surface area contributed by atoms with Gasteiger partial charge in [0.2, 0.25) is 11.9 Å². The number of hydrogen-bond donors (Lipinski definition) is 1. The zero-order valence-electron chi connectivity index (χ0n) is 19.7. The van der Waals surface area contributed by atoms with E-state index in [1.165, 1.54) is 0 Å². The van der Waals surface area contributed by atoms with Crippen LogP contribution in [0.25, 0.3) is 11.3 Å². The molecule has 0 bridgehead atoms. The van der Waals surface area contributed by atoms with E-state index in [4.69, 9.17) is 20.2 Å². The molecule has 9 heteroatoms. The van der Waals surface area contributed by atoms with Crippen molar-refractivity contribution in [2.24, 2.45) is 4.99 Å². The fraction of sp³-hybridized carbons (Fsp3) is 0.308. The molecule has 1 amide bonds. The van der Waals surface area contributed by atoms with Gasteiger partial charge >= 0.3 is 0 Å². The topological polar surface area (TPSA) is 106 Å². The number of benzene rings is 2. The van der Waals surface area contributed by atoms with E-state index in [0.29, 0.717) is 32.8 Å². The van der Waals surface area contributed by atoms with Gasteiger partial charge in [0.05, 0.1) is 44.8 Å². The van der Waals surface area contributed by atoms with Gasteiger partial charge in [0.25, 0.3) is 0 Å². The lowest BCUT2D eigenvalue weighted by atomic mass is 10.0. The monoisotopic (exact) mass is 472 g/mol. The lowest BCUT2D eigenvalue weighted by molar-refractivity contribution is -0.133. The van der Waals surface area contributed by atoms with Crippen LogP contribution < -0.4 is 15.4 Å². The minimum atomic E-state index is 0.0795. The first kappa shape index (κ1) is 22.8. The number of amides is 1. The van der Waals surface area contributed by atoms with Crippen LogP contribution in [0.4, 0.5) is 17.3 Å². The Morgan fingerprint density at radius 3 is 2.83 bits per heavy atom. The molecular formula is C26H28N6O3. The number of nitrogens with zero attached hydrogens (tertiary/aromatic N) is 5. The Bertz CT molecular complexity index is 1260. The summed E-state index contributed by atoms with van der Waals surface area (Å²) in [6, 6.07) is 15.7. The van der Waals surface area contributed by atoms with E-state index in [9.17, 15) is 4.79 Å². The van der Waals surface area contributed by atoms with Crippen molar-refractivity contribution >= 4 is 28.9 Å². The first-order chi connectivity index (χ1) is 17.1. The van der Waals surface area contributed by atoms with Crippen LogP contribution in [0.1, 0.15) is 5.56 Å². The zero-order chi connectivity index (χ0) is 24.2. The maximum Gasteiger partial charge on any atom is 0.242 e. The summed E-state index contributed by atoms with van der Waals surface area (Å²) in [5, 5.41) is 0. The number of nitrogens with two attached hydrogens (primary N) is 1. The molecule has 35 heavy (non-hydrogen) atoms. The highest BCUT2D eigenvalue weighted by Crippen LogP contribution is 2.32. The van der Waals surface area contributed by atoms with Crippen molar-refractivity contribution in [3.63, 3.8) is 0 Å². The van der Waals surface area contributed by atoms with Gasteiger partial charge in [-0.05, 0) is 29.8 Å². The molecule has 2 aliphatic heterocycles. The van der Waals surface area contributed by atoms with Crippen molar-refractivity contribution in [3.8, 4) is 17.0 Å². The zero-order valence-corrected chi connectivity index (χ0v) is 19.7. The number of morpholine rings is 1. The minimum Gasteiger partial charge on any atom is -0.497 e. The number of fused-ring (bicyclic) bond motifs is 1. The quantitative estimate of drug-likeness (QED) is 0.564. The van der Waals surface area contributed by atoms with Gasteiger partial charge < -0.3 is 25.0 Å². The van der Waals surface area contributed by atoms with Gasteiger partial charge in [-0.1, -0.05) is 18.2 Å². The molecule has 5 rings (SSSR count). The van der Waals surface area contributed by atoms with Crippen LogP contribution in [0.2, 0.25) is 0 Å². The molecule has 0 aliphatic carbocycles. The highest BCUT2D eigenvalue weighted by molar-refractivity contribution is 5.98. The predicted octanol–water partition coefficient (Wildman–Crippen LogP) is 2.73. The van der Waals surface area contributed by atoms with E-state index in [2.05, 4.69) is 20.9 Å². The number of nitrogen functional groups attached to an aromatic ring is 1. The minimum absolute atomic E-state index is 0.0795. The van der Waals surface area contributed by atoms with Gasteiger partial charge in [0.15, 0.2) is 0 Å². The van der Waals surface area contributed by atoms with E-state index in [0.717, 1.165) is 46.1 Å². The van der Waals surface area contributed by atoms with Crippen molar-refractivity contribution in [1.29, 1.82) is 0 Å². The summed E-state index contributed by atoms with van der Waals surface area (Å²) < 4.78 is 10.8. The number of aromatic nitrogens is 2. The molecule has 0 atom stereocenters. The van der Waals surface area contributed by atoms with E-state index < -0.39 is 0 Å². The molecule has 1 saturated heterocycles. The molecule has 9 nitrogen and oxygen atoms in total. The third-order valence-electron chi connectivity index (χ3n) is 6.21. The van der Waals surface area contributed by atoms with E-state index in [-0.39, 0.29) is 18.4 Å². The summed E-state index contributed by atoms with van der Waals surface area (Å²) >= 11 is 0. The van der Waals surface area contributed by atoms with Crippen molar-refractivity contribution in [2.45, 2.75) is 6.42 Å². The Morgan fingerprint density at radius 2 is 2.03 bits per heavy atom. The number of anilines is 2. The molecule has 1 fully saturated rings. The van der Waals surface area contributed by atoms with E-state index in [1.807, 2.05) is 47.4 Å². The summed E-state index contributed by atoms with van der Waals surface area (Å²) in [5.41, 5.74) is 11.4. The van der Waals surface area contributed by atoms with Crippen LogP contribution in [0, 0.1) is 0 Å². The number of ether oxygens (including phenoxy) is 2. The third-order valence-corrected chi connectivity index (χ3v) is 6.21. The highest BCUT2D eigenvalue weighted by Gasteiger charge is 2.23. The van der Waals surface area contributed by atoms with Crippen LogP contribution in [-0.2, 0) is 16.0 Å². The summed E-state index contributed by atoms with van der Waals surface area (Å²) in [6.45, 7) is 3.18. The lowest BCUT2D eigenvalue weighted by Crippen LogP contribution is -2.46. The number of methoxy groups -OCH3 is 1. The second kappa shape index (κ2) is 10.1. The molecule has 2 aliphatic rings. The number of aliphatic imine (C=N–C) groups is 1. The average molecular weight is 473 g/mol. The lowest BCUT2D eigenvalue weighted by Gasteiger charge is -2.31. The molecule has 0 unspecified atom stereocenters. The van der Waals surface area contributed by atoms with Crippen LogP contribution in [0.3, 0.4) is 0 Å². The highest BCUT2D eigenvalue weighted by atomic mass is 16.5. The molecule has 2 N–H and O–H groups in total. The van der Waals surface area contributed by atoms with E-state index in [1.54, 1.807) is 13.3 Å². The Labute approximate surface area is 204 Å². The number of rotatable bonds is 7. The third kappa shape index (κ3) is 5.25. The van der Waals surface area contributed by atoms with Crippen molar-refractivity contribution in [3.05, 3.63) is 60.3 Å². The molecule has 0 spiro atoms. The fourth-order valence-electron chi connectivity index (χ4n) is 4.37. The molecule has 0 saturated carbocycles. The Kier molecular flexibility index (Phi) is 6.58. The van der Waals surface area contributed by atoms with Gasteiger partial charge in [-0.25, -0.2) is 9.97 Å². The fourth-order valence-corrected chi connectivity index (χ4v) is 4.37. The van der Waals surface area contributed by atoms with Crippen LogP contribution >= 0.6 is 0 Å². The van der Waals surface area contributed by atoms with Crippen molar-refractivity contribution in [2.75, 3.05) is 57.1 Å². The Morgan fingerprint density at radius 1 is 1.17 bits per heavy atom. The number of hydrogen-bond acceptors (Lipinski definition) is 8. The van der Waals surface area contributed by atoms with Gasteiger partial charge in [0.1, 0.15) is 5.75 Å². The van der Waals surface area contributed by atoms with Crippen molar-refractivity contribution in [1.82, 2.24) is 14.9 Å². The smallest absolute Gasteiger partial charge is 0.242 e. The van der Waals surface area contributed by atoms with Crippen LogP contribution in [0.15, 0.2) is 59.7 Å². The average Bonchev–Trinajstić information content (AvgIpc) is 3.30. The van der Waals surface area contributed by atoms with Gasteiger partial charge in [-0.15, -0.1) is 0 Å².